The molecule has 0 radical (unpaired) electrons. The van der Waals surface area contributed by atoms with E-state index in [2.05, 4.69) is 0 Å². The van der Waals surface area contributed by atoms with Crippen molar-refractivity contribution in [2.75, 3.05) is 26.2 Å². The molecule has 0 amide bonds. The Kier molecular flexibility index (Phi) is 3.61. The van der Waals surface area contributed by atoms with Crippen molar-refractivity contribution in [3.63, 3.8) is 0 Å². The lowest BCUT2D eigenvalue weighted by Gasteiger charge is -2.30. The van der Waals surface area contributed by atoms with E-state index < -0.39 is 13.4 Å². The second-order valence-corrected chi connectivity index (χ2v) is 3.48. The Labute approximate surface area is 76.1 Å². The first kappa shape index (κ1) is 10.9. The van der Waals surface area contributed by atoms with Crippen LogP contribution in [0.25, 0.3) is 0 Å². The highest BCUT2D eigenvalue weighted by Gasteiger charge is 2.29. The normalized spacial score (nSPS) is 27.2. The van der Waals surface area contributed by atoms with Gasteiger partial charge in [0, 0.05) is 12.6 Å². The van der Waals surface area contributed by atoms with Crippen molar-refractivity contribution in [1.29, 1.82) is 0 Å². The third-order valence-corrected chi connectivity index (χ3v) is 2.16. The molecule has 2 nitrogen and oxygen atoms in total. The standard InChI is InChI=1S/C7H14BF3NO/c1-7-5-13-4-2-3-12(7)6-8(9,10)11/h7H,2-6H2,1H3/q-1. The quantitative estimate of drug-likeness (QED) is 0.620. The molecule has 6 heteroatoms. The molecule has 1 rings (SSSR count). The molecule has 13 heavy (non-hydrogen) atoms. The molecule has 1 aliphatic rings. The van der Waals surface area contributed by atoms with E-state index in [4.69, 9.17) is 4.74 Å². The molecule has 0 bridgehead atoms. The van der Waals surface area contributed by atoms with E-state index in [1.165, 1.54) is 4.90 Å². The van der Waals surface area contributed by atoms with Crippen molar-refractivity contribution in [2.45, 2.75) is 19.4 Å². The van der Waals surface area contributed by atoms with Gasteiger partial charge in [0.25, 0.3) is 0 Å². The zero-order chi connectivity index (χ0) is 9.90. The van der Waals surface area contributed by atoms with Gasteiger partial charge in [-0.1, -0.05) is 0 Å². The first-order valence-electron chi connectivity index (χ1n) is 4.52. The van der Waals surface area contributed by atoms with Crippen molar-refractivity contribution in [1.82, 2.24) is 4.90 Å². The Bertz CT molecular complexity index is 164. The average Bonchev–Trinajstić information content (AvgIpc) is 2.14. The Morgan fingerprint density at radius 2 is 2.15 bits per heavy atom. The fourth-order valence-electron chi connectivity index (χ4n) is 1.49. The lowest BCUT2D eigenvalue weighted by Crippen LogP contribution is -2.44. The molecule has 1 atom stereocenters. The van der Waals surface area contributed by atoms with E-state index in [-0.39, 0.29) is 6.04 Å². The average molecular weight is 196 g/mol. The molecule has 0 aliphatic carbocycles. The van der Waals surface area contributed by atoms with E-state index in [0.717, 1.165) is 0 Å². The fourth-order valence-corrected chi connectivity index (χ4v) is 1.49. The van der Waals surface area contributed by atoms with Crippen LogP contribution < -0.4 is 0 Å². The molecule has 0 N–H and O–H groups in total. The molecule has 0 aromatic heterocycles. The molecular weight excluding hydrogens is 182 g/mol. The first-order valence-corrected chi connectivity index (χ1v) is 4.52. The zero-order valence-electron chi connectivity index (χ0n) is 7.68. The van der Waals surface area contributed by atoms with Crippen LogP contribution in [0.4, 0.5) is 12.9 Å². The highest BCUT2D eigenvalue weighted by molar-refractivity contribution is 6.58. The second-order valence-electron chi connectivity index (χ2n) is 3.48. The summed E-state index contributed by atoms with van der Waals surface area (Å²) in [5.74, 6) is 0. The van der Waals surface area contributed by atoms with E-state index >= 15 is 0 Å². The van der Waals surface area contributed by atoms with Crippen LogP contribution in [0.2, 0.25) is 0 Å². The lowest BCUT2D eigenvalue weighted by molar-refractivity contribution is 0.111. The van der Waals surface area contributed by atoms with Crippen LogP contribution >= 0.6 is 0 Å². The summed E-state index contributed by atoms with van der Waals surface area (Å²) in [4.78, 5) is 1.45. The molecule has 0 aromatic carbocycles. The summed E-state index contributed by atoms with van der Waals surface area (Å²) in [6.07, 6.45) is -0.0684. The Morgan fingerprint density at radius 3 is 2.77 bits per heavy atom. The van der Waals surface area contributed by atoms with Gasteiger partial charge in [-0.3, -0.25) is 0 Å². The highest BCUT2D eigenvalue weighted by atomic mass is 19.4. The summed E-state index contributed by atoms with van der Waals surface area (Å²) < 4.78 is 41.5. The van der Waals surface area contributed by atoms with Gasteiger partial charge in [0.2, 0.25) is 0 Å². The third-order valence-electron chi connectivity index (χ3n) is 2.16. The topological polar surface area (TPSA) is 12.5 Å². The summed E-state index contributed by atoms with van der Waals surface area (Å²) in [6.45, 7) is -1.46. The Morgan fingerprint density at radius 1 is 1.46 bits per heavy atom. The summed E-state index contributed by atoms with van der Waals surface area (Å²) in [5.41, 5.74) is 0. The van der Waals surface area contributed by atoms with Crippen molar-refractivity contribution in [3.05, 3.63) is 0 Å². The van der Waals surface area contributed by atoms with Gasteiger partial charge in [0.05, 0.1) is 6.61 Å². The minimum absolute atomic E-state index is 0.119. The number of nitrogens with zero attached hydrogens (tertiary/aromatic N) is 1. The molecule has 78 valence electrons. The summed E-state index contributed by atoms with van der Waals surface area (Å²) >= 11 is 0. The number of halogens is 3. The molecule has 1 heterocycles. The molecule has 0 aromatic rings. The van der Waals surface area contributed by atoms with Gasteiger partial charge in [0.15, 0.2) is 0 Å². The zero-order valence-corrected chi connectivity index (χ0v) is 7.68. The van der Waals surface area contributed by atoms with Crippen molar-refractivity contribution < 1.29 is 17.7 Å². The number of hydrogen-bond acceptors (Lipinski definition) is 2. The maximum atomic E-state index is 12.1. The summed E-state index contributed by atoms with van der Waals surface area (Å²) in [7, 11) is 0. The molecule has 0 saturated carbocycles. The molecule has 1 saturated heterocycles. The molecule has 1 aliphatic heterocycles. The van der Waals surface area contributed by atoms with Gasteiger partial charge in [-0.05, 0) is 26.3 Å². The van der Waals surface area contributed by atoms with Crippen LogP contribution in [0.1, 0.15) is 13.3 Å². The third kappa shape index (κ3) is 4.00. The van der Waals surface area contributed by atoms with Gasteiger partial charge < -0.3 is 22.6 Å². The van der Waals surface area contributed by atoms with Crippen LogP contribution in [-0.2, 0) is 4.74 Å². The molecule has 1 fully saturated rings. The number of hydrogen-bond donors (Lipinski definition) is 0. The van der Waals surface area contributed by atoms with Crippen LogP contribution in [0.15, 0.2) is 0 Å². The van der Waals surface area contributed by atoms with Crippen LogP contribution in [-0.4, -0.2) is 44.1 Å². The summed E-state index contributed by atoms with van der Waals surface area (Å²) in [6, 6.07) is -0.119. The smallest absolute Gasteiger partial charge is 0.448 e. The van der Waals surface area contributed by atoms with E-state index in [1.807, 2.05) is 0 Å². The van der Waals surface area contributed by atoms with E-state index in [1.54, 1.807) is 6.92 Å². The first-order chi connectivity index (χ1) is 5.99. The SMILES string of the molecule is CC1COCCCN1C[B-](F)(F)F. The lowest BCUT2D eigenvalue weighted by atomic mass is 9.90. The van der Waals surface area contributed by atoms with Gasteiger partial charge in [-0.15, -0.1) is 0 Å². The van der Waals surface area contributed by atoms with Crippen LogP contribution in [0.3, 0.4) is 0 Å². The molecule has 0 spiro atoms. The van der Waals surface area contributed by atoms with Gasteiger partial charge >= 0.3 is 6.98 Å². The maximum Gasteiger partial charge on any atom is 0.492 e. The van der Waals surface area contributed by atoms with Gasteiger partial charge in [-0.2, -0.15) is 0 Å². The Balaban J connectivity index is 2.45. The summed E-state index contributed by atoms with van der Waals surface area (Å²) in [5, 5.41) is 0. The Hall–Kier alpha value is -0.225. The molecule has 1 unspecified atom stereocenters. The fraction of sp³-hybridized carbons (Fsp3) is 1.00. The van der Waals surface area contributed by atoms with Gasteiger partial charge in [0.1, 0.15) is 0 Å². The van der Waals surface area contributed by atoms with Crippen molar-refractivity contribution in [3.8, 4) is 0 Å². The van der Waals surface area contributed by atoms with Gasteiger partial charge in [-0.25, -0.2) is 0 Å². The van der Waals surface area contributed by atoms with Crippen LogP contribution in [0.5, 0.6) is 0 Å². The maximum absolute atomic E-state index is 12.1. The predicted octanol–water partition coefficient (Wildman–Crippen LogP) is 1.48. The number of rotatable bonds is 2. The largest absolute Gasteiger partial charge is 0.492 e. The van der Waals surface area contributed by atoms with E-state index in [9.17, 15) is 12.9 Å². The minimum Gasteiger partial charge on any atom is -0.448 e. The van der Waals surface area contributed by atoms with Crippen molar-refractivity contribution in [2.24, 2.45) is 0 Å². The van der Waals surface area contributed by atoms with Crippen LogP contribution in [0, 0.1) is 0 Å². The number of ether oxygens (including phenoxy) is 1. The predicted molar refractivity (Wildman–Crippen MR) is 45.5 cm³/mol. The minimum atomic E-state index is -4.70. The monoisotopic (exact) mass is 196 g/mol. The molecular formula is C7H14BF3NO-. The van der Waals surface area contributed by atoms with Crippen molar-refractivity contribution >= 4 is 6.98 Å². The highest BCUT2D eigenvalue weighted by Crippen LogP contribution is 2.15. The second kappa shape index (κ2) is 4.33. The van der Waals surface area contributed by atoms with E-state index in [0.29, 0.717) is 26.2 Å².